The third-order valence-electron chi connectivity index (χ3n) is 6.75. The molecular weight excluding hydrogens is 352 g/mol. The van der Waals surface area contributed by atoms with Gasteiger partial charge in [0.15, 0.2) is 0 Å². The monoisotopic (exact) mass is 386 g/mol. The number of sulfonamides is 1. The zero-order valence-electron chi connectivity index (χ0n) is 16.0. The highest BCUT2D eigenvalue weighted by Crippen LogP contribution is 2.31. The maximum Gasteiger partial charge on any atom is 0.217 e. The molecule has 0 spiro atoms. The Morgan fingerprint density at radius 1 is 1.00 bits per heavy atom. The van der Waals surface area contributed by atoms with Crippen LogP contribution in [0.2, 0.25) is 0 Å². The Bertz CT molecular complexity index is 600. The molecule has 3 aliphatic heterocycles. The topological polar surface area (TPSA) is 80.0 Å². The van der Waals surface area contributed by atoms with E-state index in [1.54, 1.807) is 0 Å². The summed E-state index contributed by atoms with van der Waals surface area (Å²) in [5, 5.41) is 3.93. The zero-order chi connectivity index (χ0) is 18.3. The van der Waals surface area contributed by atoms with Gasteiger partial charge in [-0.15, -0.1) is 0 Å². The lowest BCUT2D eigenvalue weighted by Crippen LogP contribution is -2.55. The van der Waals surface area contributed by atoms with Crippen LogP contribution < -0.4 is 15.6 Å². The van der Waals surface area contributed by atoms with Gasteiger partial charge in [0.2, 0.25) is 10.0 Å². The quantitative estimate of drug-likeness (QED) is 0.582. The highest BCUT2D eigenvalue weighted by atomic mass is 32.2. The molecule has 150 valence electrons. The van der Waals surface area contributed by atoms with Gasteiger partial charge in [0.05, 0.1) is 0 Å². The van der Waals surface area contributed by atoms with Crippen LogP contribution >= 0.6 is 0 Å². The molecule has 9 heteroatoms. The van der Waals surface area contributed by atoms with E-state index in [0.717, 1.165) is 38.9 Å². The summed E-state index contributed by atoms with van der Waals surface area (Å²) in [4.78, 5) is 2.33. The summed E-state index contributed by atoms with van der Waals surface area (Å²) in [6.45, 7) is 4.22. The summed E-state index contributed by atoms with van der Waals surface area (Å²) in [5.41, 5.74) is 6.73. The summed E-state index contributed by atoms with van der Waals surface area (Å²) < 4.78 is 29.2. The zero-order valence-corrected chi connectivity index (χ0v) is 16.8. The van der Waals surface area contributed by atoms with Gasteiger partial charge in [-0.2, -0.15) is 0 Å². The fourth-order valence-corrected chi connectivity index (χ4v) is 6.85. The van der Waals surface area contributed by atoms with E-state index in [2.05, 4.69) is 37.5 Å². The number of likely N-dealkylation sites (N-methyl/N-ethyl adjacent to an activating group) is 2. The second-order valence-electron chi connectivity index (χ2n) is 8.62. The molecule has 4 aliphatic rings. The van der Waals surface area contributed by atoms with Crippen molar-refractivity contribution in [1.29, 1.82) is 0 Å². The predicted octanol–water partition coefficient (Wildman–Crippen LogP) is -0.824. The van der Waals surface area contributed by atoms with Gasteiger partial charge in [-0.3, -0.25) is 10.9 Å². The van der Waals surface area contributed by atoms with Gasteiger partial charge in [0, 0.05) is 51.4 Å². The average Bonchev–Trinajstić information content (AvgIpc) is 3.23. The number of nitrogens with zero attached hydrogens (tertiary/aromatic N) is 3. The van der Waals surface area contributed by atoms with Gasteiger partial charge >= 0.3 is 0 Å². The van der Waals surface area contributed by atoms with Crippen LogP contribution in [-0.4, -0.2) is 93.5 Å². The normalized spacial score (nSPS) is 40.8. The Morgan fingerprint density at radius 2 is 1.85 bits per heavy atom. The van der Waals surface area contributed by atoms with Gasteiger partial charge in [-0.25, -0.2) is 23.2 Å². The number of rotatable bonds is 4. The Balaban J connectivity index is 1.38. The SMILES string of the molecule is CN1CCC[C@@H](N2CC(S(=O)(=O)NC3CCCC4CNN(C)C43)CN2)C1. The van der Waals surface area contributed by atoms with Crippen LogP contribution in [0, 0.1) is 5.92 Å². The number of hydrogen-bond acceptors (Lipinski definition) is 7. The summed E-state index contributed by atoms with van der Waals surface area (Å²) in [6.07, 6.45) is 5.55. The van der Waals surface area contributed by atoms with Crippen molar-refractivity contribution >= 4 is 10.0 Å². The molecule has 1 aliphatic carbocycles. The molecule has 0 amide bonds. The van der Waals surface area contributed by atoms with Crippen molar-refractivity contribution in [1.82, 2.24) is 30.5 Å². The Labute approximate surface area is 157 Å². The van der Waals surface area contributed by atoms with Gasteiger partial charge in [0.25, 0.3) is 0 Å². The minimum Gasteiger partial charge on any atom is -0.305 e. The Kier molecular flexibility index (Phi) is 5.58. The molecule has 3 N–H and O–H groups in total. The van der Waals surface area contributed by atoms with E-state index in [9.17, 15) is 8.42 Å². The van der Waals surface area contributed by atoms with Crippen molar-refractivity contribution in [2.24, 2.45) is 5.92 Å². The standard InChI is InChI=1S/C17H34N6O2S/c1-21-8-4-6-14(11-21)23-12-15(10-19-23)26(24,25)20-16-7-3-5-13-9-18-22(2)17(13)16/h13-20H,3-12H2,1-2H3/t13?,14-,15?,16?,17?/m1/s1. The van der Waals surface area contributed by atoms with Gasteiger partial charge in [-0.1, -0.05) is 6.42 Å². The average molecular weight is 387 g/mol. The van der Waals surface area contributed by atoms with Gasteiger partial charge in [0.1, 0.15) is 5.25 Å². The van der Waals surface area contributed by atoms with Crippen molar-refractivity contribution in [3.8, 4) is 0 Å². The molecule has 0 aromatic heterocycles. The van der Waals surface area contributed by atoms with Crippen molar-refractivity contribution in [3.63, 3.8) is 0 Å². The lowest BCUT2D eigenvalue weighted by atomic mass is 9.82. The molecule has 8 nitrogen and oxygen atoms in total. The van der Waals surface area contributed by atoms with Crippen LogP contribution in [0.4, 0.5) is 0 Å². The number of hydrogen-bond donors (Lipinski definition) is 3. The highest BCUT2D eigenvalue weighted by molar-refractivity contribution is 7.90. The fraction of sp³-hybridized carbons (Fsp3) is 1.00. The van der Waals surface area contributed by atoms with Crippen molar-refractivity contribution < 1.29 is 8.42 Å². The Hall–Kier alpha value is -0.290. The van der Waals surface area contributed by atoms with Crippen LogP contribution in [0.25, 0.3) is 0 Å². The van der Waals surface area contributed by atoms with E-state index < -0.39 is 10.0 Å². The van der Waals surface area contributed by atoms with Crippen LogP contribution in [0.15, 0.2) is 0 Å². The minimum absolute atomic E-state index is 0.0219. The maximum atomic E-state index is 13.1. The van der Waals surface area contributed by atoms with E-state index in [1.807, 2.05) is 7.05 Å². The third-order valence-corrected chi connectivity index (χ3v) is 8.58. The number of nitrogens with one attached hydrogen (secondary N) is 3. The van der Waals surface area contributed by atoms with Crippen LogP contribution in [-0.2, 0) is 10.0 Å². The van der Waals surface area contributed by atoms with Crippen LogP contribution in [0.1, 0.15) is 32.1 Å². The summed E-state index contributed by atoms with van der Waals surface area (Å²) in [6, 6.07) is 0.711. The number of fused-ring (bicyclic) bond motifs is 1. The number of likely N-dealkylation sites (tertiary alicyclic amines) is 1. The molecule has 0 bridgehead atoms. The molecule has 4 rings (SSSR count). The molecule has 26 heavy (non-hydrogen) atoms. The lowest BCUT2D eigenvalue weighted by Gasteiger charge is -2.37. The maximum absolute atomic E-state index is 13.1. The van der Waals surface area contributed by atoms with E-state index in [1.165, 1.54) is 12.8 Å². The number of hydrazine groups is 2. The smallest absolute Gasteiger partial charge is 0.217 e. The predicted molar refractivity (Wildman–Crippen MR) is 102 cm³/mol. The molecule has 3 heterocycles. The molecule has 0 aromatic rings. The minimum atomic E-state index is -3.33. The van der Waals surface area contributed by atoms with Crippen LogP contribution in [0.5, 0.6) is 0 Å². The molecular formula is C17H34N6O2S. The van der Waals surface area contributed by atoms with Gasteiger partial charge < -0.3 is 4.90 Å². The van der Waals surface area contributed by atoms with Crippen molar-refractivity contribution in [2.45, 2.75) is 55.5 Å². The molecule has 4 unspecified atom stereocenters. The molecule has 0 radical (unpaired) electrons. The molecule has 4 fully saturated rings. The number of piperidine rings is 1. The van der Waals surface area contributed by atoms with Crippen molar-refractivity contribution in [3.05, 3.63) is 0 Å². The first-order chi connectivity index (χ1) is 12.4. The third kappa shape index (κ3) is 3.80. The van der Waals surface area contributed by atoms with E-state index in [-0.39, 0.29) is 17.3 Å². The second-order valence-corrected chi connectivity index (χ2v) is 10.6. The molecule has 3 saturated heterocycles. The largest absolute Gasteiger partial charge is 0.305 e. The molecule has 1 saturated carbocycles. The van der Waals surface area contributed by atoms with Crippen molar-refractivity contribution in [2.75, 3.05) is 46.8 Å². The van der Waals surface area contributed by atoms with Gasteiger partial charge in [-0.05, 0) is 45.2 Å². The first-order valence-corrected chi connectivity index (χ1v) is 11.6. The van der Waals surface area contributed by atoms with E-state index in [4.69, 9.17) is 0 Å². The Morgan fingerprint density at radius 3 is 2.65 bits per heavy atom. The lowest BCUT2D eigenvalue weighted by molar-refractivity contribution is 0.0974. The first-order valence-electron chi connectivity index (χ1n) is 10.1. The highest BCUT2D eigenvalue weighted by Gasteiger charge is 2.44. The van der Waals surface area contributed by atoms with E-state index in [0.29, 0.717) is 25.0 Å². The van der Waals surface area contributed by atoms with Crippen LogP contribution in [0.3, 0.4) is 0 Å². The summed E-state index contributed by atoms with van der Waals surface area (Å²) in [7, 11) is 0.851. The van der Waals surface area contributed by atoms with E-state index >= 15 is 0 Å². The summed E-state index contributed by atoms with van der Waals surface area (Å²) in [5.74, 6) is 0.553. The molecule has 5 atom stereocenters. The first kappa shape index (κ1) is 19.0. The summed E-state index contributed by atoms with van der Waals surface area (Å²) >= 11 is 0. The fourth-order valence-electron chi connectivity index (χ4n) is 5.33. The second kappa shape index (κ2) is 7.62. The molecule has 0 aromatic carbocycles.